The Morgan fingerprint density at radius 2 is 2.12 bits per heavy atom. The number of aliphatic imine (C=N–C) groups is 1. The molecule has 6 heteroatoms. The van der Waals surface area contributed by atoms with Crippen LogP contribution in [0.4, 0.5) is 0 Å². The van der Waals surface area contributed by atoms with Crippen LogP contribution in [0.25, 0.3) is 0 Å². The number of amides is 1. The van der Waals surface area contributed by atoms with E-state index in [9.17, 15) is 9.59 Å². The minimum Gasteiger partial charge on any atom is -0.480 e. The van der Waals surface area contributed by atoms with Crippen LogP contribution in [-0.4, -0.2) is 28.7 Å². The molecule has 1 aliphatic carbocycles. The lowest BCUT2D eigenvalue weighted by Crippen LogP contribution is -2.44. The van der Waals surface area contributed by atoms with Gasteiger partial charge in [-0.15, -0.1) is 0 Å². The first-order valence-electron chi connectivity index (χ1n) is 5.09. The lowest BCUT2D eigenvalue weighted by molar-refractivity contribution is -0.142. The molecule has 1 amide bonds. The van der Waals surface area contributed by atoms with Gasteiger partial charge in [0, 0.05) is 18.1 Å². The van der Waals surface area contributed by atoms with Gasteiger partial charge < -0.3 is 16.2 Å². The maximum atomic E-state index is 11.7. The van der Waals surface area contributed by atoms with Crippen molar-refractivity contribution in [3.63, 3.8) is 0 Å². The molecule has 0 unspecified atom stereocenters. The Morgan fingerprint density at radius 1 is 1.53 bits per heavy atom. The van der Waals surface area contributed by atoms with E-state index in [4.69, 9.17) is 10.8 Å². The molecule has 0 saturated heterocycles. The zero-order chi connectivity index (χ0) is 13.1. The number of carbonyl (C=O) groups is 2. The fourth-order valence-corrected chi connectivity index (χ4v) is 1.16. The molecule has 0 spiro atoms. The Morgan fingerprint density at radius 3 is 2.47 bits per heavy atom. The molecule has 0 bridgehead atoms. The SMILES string of the molecule is C=C(C)N=C/C(=C\N)C(=O)NC1(C(=O)O)CC1. The summed E-state index contributed by atoms with van der Waals surface area (Å²) in [5.41, 5.74) is 4.80. The van der Waals surface area contributed by atoms with E-state index in [0.717, 1.165) is 6.20 Å². The average molecular weight is 237 g/mol. The summed E-state index contributed by atoms with van der Waals surface area (Å²) in [4.78, 5) is 26.4. The van der Waals surface area contributed by atoms with E-state index in [-0.39, 0.29) is 5.57 Å². The van der Waals surface area contributed by atoms with E-state index in [1.165, 1.54) is 6.21 Å². The molecule has 17 heavy (non-hydrogen) atoms. The number of nitrogens with one attached hydrogen (secondary N) is 1. The third kappa shape index (κ3) is 3.17. The Labute approximate surface area is 98.9 Å². The molecule has 0 aromatic carbocycles. The first-order chi connectivity index (χ1) is 7.91. The molecule has 1 rings (SSSR count). The second kappa shape index (κ2) is 4.82. The van der Waals surface area contributed by atoms with Crippen molar-refractivity contribution in [2.45, 2.75) is 25.3 Å². The van der Waals surface area contributed by atoms with Gasteiger partial charge >= 0.3 is 5.97 Å². The molecular formula is C11H15N3O3. The van der Waals surface area contributed by atoms with Crippen LogP contribution in [0, 0.1) is 0 Å². The summed E-state index contributed by atoms with van der Waals surface area (Å²) in [6.07, 6.45) is 3.21. The largest absolute Gasteiger partial charge is 0.480 e. The molecule has 6 nitrogen and oxygen atoms in total. The molecule has 1 saturated carbocycles. The van der Waals surface area contributed by atoms with Crippen LogP contribution < -0.4 is 11.1 Å². The minimum absolute atomic E-state index is 0.112. The maximum Gasteiger partial charge on any atom is 0.329 e. The van der Waals surface area contributed by atoms with Crippen LogP contribution in [0.1, 0.15) is 19.8 Å². The standard InChI is InChI=1S/C11H15N3O3/c1-7(2)13-6-8(5-12)9(15)14-11(3-4-11)10(16)17/h5-6H,1,3-4,12H2,2H3,(H,14,15)(H,16,17)/b8-5+,13-6?. The Balaban J connectivity index is 2.69. The highest BCUT2D eigenvalue weighted by molar-refractivity contribution is 6.13. The van der Waals surface area contributed by atoms with Gasteiger partial charge in [-0.3, -0.25) is 9.79 Å². The first kappa shape index (κ1) is 13.0. The van der Waals surface area contributed by atoms with Crippen molar-refractivity contribution in [2.75, 3.05) is 0 Å². The van der Waals surface area contributed by atoms with Gasteiger partial charge in [-0.1, -0.05) is 6.58 Å². The third-order valence-corrected chi connectivity index (χ3v) is 2.38. The van der Waals surface area contributed by atoms with E-state index in [1.54, 1.807) is 6.92 Å². The Hall–Kier alpha value is -2.11. The summed E-state index contributed by atoms with van der Waals surface area (Å²) in [6.45, 7) is 5.21. The molecule has 1 aliphatic rings. The molecule has 0 aromatic heterocycles. The minimum atomic E-state index is -1.12. The highest BCUT2D eigenvalue weighted by atomic mass is 16.4. The van der Waals surface area contributed by atoms with E-state index in [0.29, 0.717) is 18.5 Å². The van der Waals surface area contributed by atoms with Crippen molar-refractivity contribution in [1.82, 2.24) is 5.32 Å². The summed E-state index contributed by atoms with van der Waals surface area (Å²) in [6, 6.07) is 0. The average Bonchev–Trinajstić information content (AvgIpc) is 2.99. The number of carboxylic acid groups (broad SMARTS) is 1. The second-order valence-corrected chi connectivity index (χ2v) is 3.96. The molecule has 0 atom stereocenters. The smallest absolute Gasteiger partial charge is 0.329 e. The molecule has 0 heterocycles. The molecule has 1 fully saturated rings. The predicted molar refractivity (Wildman–Crippen MR) is 63.3 cm³/mol. The van der Waals surface area contributed by atoms with Crippen LogP contribution in [0.3, 0.4) is 0 Å². The molecule has 0 radical (unpaired) electrons. The van der Waals surface area contributed by atoms with Crippen LogP contribution >= 0.6 is 0 Å². The number of hydrogen-bond donors (Lipinski definition) is 3. The summed E-state index contributed by atoms with van der Waals surface area (Å²) in [5.74, 6) is -1.57. The van der Waals surface area contributed by atoms with Crippen molar-refractivity contribution >= 4 is 18.1 Å². The van der Waals surface area contributed by atoms with Gasteiger partial charge in [-0.05, 0) is 19.8 Å². The van der Waals surface area contributed by atoms with Gasteiger partial charge in [-0.2, -0.15) is 0 Å². The number of nitrogens with zero attached hydrogens (tertiary/aromatic N) is 1. The Kier molecular flexibility index (Phi) is 3.67. The number of rotatable bonds is 5. The zero-order valence-electron chi connectivity index (χ0n) is 9.56. The van der Waals surface area contributed by atoms with Crippen molar-refractivity contribution in [3.05, 3.63) is 24.0 Å². The van der Waals surface area contributed by atoms with Crippen molar-refractivity contribution in [3.8, 4) is 0 Å². The highest BCUT2D eigenvalue weighted by Crippen LogP contribution is 2.35. The van der Waals surface area contributed by atoms with Crippen LogP contribution in [0.5, 0.6) is 0 Å². The highest BCUT2D eigenvalue weighted by Gasteiger charge is 2.51. The molecular weight excluding hydrogens is 222 g/mol. The summed E-state index contributed by atoms with van der Waals surface area (Å²) < 4.78 is 0. The number of nitrogens with two attached hydrogens (primary N) is 1. The quantitative estimate of drug-likeness (QED) is 0.468. The van der Waals surface area contributed by atoms with Crippen LogP contribution in [0.2, 0.25) is 0 Å². The van der Waals surface area contributed by atoms with Gasteiger partial charge in [0.1, 0.15) is 5.54 Å². The maximum absolute atomic E-state index is 11.7. The fraction of sp³-hybridized carbons (Fsp3) is 0.364. The normalized spacial score (nSPS) is 17.8. The Bertz CT molecular complexity index is 420. The molecule has 92 valence electrons. The topological polar surface area (TPSA) is 105 Å². The molecule has 4 N–H and O–H groups in total. The number of allylic oxidation sites excluding steroid dienone is 1. The second-order valence-electron chi connectivity index (χ2n) is 3.96. The van der Waals surface area contributed by atoms with Gasteiger partial charge in [0.25, 0.3) is 5.91 Å². The van der Waals surface area contributed by atoms with E-state index < -0.39 is 17.4 Å². The van der Waals surface area contributed by atoms with Gasteiger partial charge in [0.15, 0.2) is 0 Å². The van der Waals surface area contributed by atoms with Crippen molar-refractivity contribution in [2.24, 2.45) is 10.7 Å². The van der Waals surface area contributed by atoms with Crippen LogP contribution in [-0.2, 0) is 9.59 Å². The number of carboxylic acids is 1. The van der Waals surface area contributed by atoms with Gasteiger partial charge in [0.05, 0.1) is 5.57 Å². The predicted octanol–water partition coefficient (Wildman–Crippen LogP) is 0.167. The van der Waals surface area contributed by atoms with E-state index >= 15 is 0 Å². The van der Waals surface area contributed by atoms with E-state index in [1.807, 2.05) is 0 Å². The van der Waals surface area contributed by atoms with Gasteiger partial charge in [0.2, 0.25) is 0 Å². The lowest BCUT2D eigenvalue weighted by atomic mass is 10.2. The zero-order valence-corrected chi connectivity index (χ0v) is 9.56. The summed E-state index contributed by atoms with van der Waals surface area (Å²) in [5, 5.41) is 11.3. The summed E-state index contributed by atoms with van der Waals surface area (Å²) in [7, 11) is 0. The lowest BCUT2D eigenvalue weighted by Gasteiger charge is -2.12. The summed E-state index contributed by atoms with van der Waals surface area (Å²) >= 11 is 0. The van der Waals surface area contributed by atoms with Crippen molar-refractivity contribution in [1.29, 1.82) is 0 Å². The third-order valence-electron chi connectivity index (χ3n) is 2.38. The monoisotopic (exact) mass is 237 g/mol. The van der Waals surface area contributed by atoms with E-state index in [2.05, 4.69) is 16.9 Å². The first-order valence-corrected chi connectivity index (χ1v) is 5.09. The van der Waals surface area contributed by atoms with Gasteiger partial charge in [-0.25, -0.2) is 4.79 Å². The number of carbonyl (C=O) groups excluding carboxylic acids is 1. The number of aliphatic carboxylic acids is 1. The number of hydrogen-bond acceptors (Lipinski definition) is 4. The van der Waals surface area contributed by atoms with Crippen LogP contribution in [0.15, 0.2) is 29.0 Å². The fourth-order valence-electron chi connectivity index (χ4n) is 1.16. The molecule has 0 aliphatic heterocycles. The molecule has 0 aromatic rings. The van der Waals surface area contributed by atoms with Crippen molar-refractivity contribution < 1.29 is 14.7 Å².